The molecule has 0 bridgehead atoms. The van der Waals surface area contributed by atoms with E-state index in [-0.39, 0.29) is 0 Å². The van der Waals surface area contributed by atoms with Gasteiger partial charge in [-0.1, -0.05) is 0 Å². The van der Waals surface area contributed by atoms with E-state index in [1.165, 1.54) is 0 Å². The molecule has 0 aliphatic rings. The van der Waals surface area contributed by atoms with Gasteiger partial charge in [-0.15, -0.1) is 5.53 Å². The highest BCUT2D eigenvalue weighted by atomic mass is 15.5. The lowest BCUT2D eigenvalue weighted by Gasteiger charge is -2.16. The Balaban J connectivity index is 4.45. The van der Waals surface area contributed by atoms with E-state index in [2.05, 4.69) is 15.2 Å². The average molecular weight is 156 g/mol. The number of hydrogen-bond donors (Lipinski definition) is 0. The minimum absolute atomic E-state index is 0.614. The summed E-state index contributed by atoms with van der Waals surface area (Å²) in [6.07, 6.45) is 0. The Kier molecular flexibility index (Phi) is 3.84. The zero-order valence-electron chi connectivity index (χ0n) is 7.18. The van der Waals surface area contributed by atoms with Crippen LogP contribution in [0, 0.1) is 0 Å². The molecule has 0 aromatic heterocycles. The fourth-order valence-corrected chi connectivity index (χ4v) is 0.639. The molecule has 11 heavy (non-hydrogen) atoms. The van der Waals surface area contributed by atoms with Crippen molar-refractivity contribution in [1.29, 1.82) is 0 Å². The Bertz CT molecular complexity index is 177. The molecule has 0 rings (SSSR count). The van der Waals surface area contributed by atoms with E-state index in [0.717, 1.165) is 0 Å². The van der Waals surface area contributed by atoms with Crippen molar-refractivity contribution in [3.05, 3.63) is 10.4 Å². The van der Waals surface area contributed by atoms with Gasteiger partial charge in [-0.2, -0.15) is 4.91 Å². The molecular weight excluding hydrogens is 144 g/mol. The van der Waals surface area contributed by atoms with E-state index in [0.29, 0.717) is 5.96 Å². The maximum Gasteiger partial charge on any atom is 0.320 e. The Labute approximate surface area is 65.7 Å². The summed E-state index contributed by atoms with van der Waals surface area (Å²) in [6, 6.07) is 0. The minimum Gasteiger partial charge on any atom is -0.327 e. The molecular formula is C5H12N6. The van der Waals surface area contributed by atoms with Gasteiger partial charge in [0.15, 0.2) is 0 Å². The predicted octanol–water partition coefficient (Wildman–Crippen LogP) is 0.691. The van der Waals surface area contributed by atoms with Crippen molar-refractivity contribution in [2.24, 2.45) is 10.3 Å². The van der Waals surface area contributed by atoms with Crippen LogP contribution >= 0.6 is 0 Å². The standard InChI is InChI=1S/C5H12N6/c1-10(2)5(11(3)4)7-9-8-6/h1-4H3. The van der Waals surface area contributed by atoms with Gasteiger partial charge in [-0.05, 0) is 0 Å². The molecule has 0 amide bonds. The molecule has 6 nitrogen and oxygen atoms in total. The first-order valence-corrected chi connectivity index (χ1v) is 3.06. The lowest BCUT2D eigenvalue weighted by atomic mass is 10.7. The minimum atomic E-state index is 0.614. The Morgan fingerprint density at radius 3 is 1.91 bits per heavy atom. The Morgan fingerprint density at radius 2 is 1.64 bits per heavy atom. The quantitative estimate of drug-likeness (QED) is 0.140. The van der Waals surface area contributed by atoms with Gasteiger partial charge < -0.3 is 9.80 Å². The van der Waals surface area contributed by atoms with Gasteiger partial charge in [0.25, 0.3) is 0 Å². The molecule has 0 aliphatic carbocycles. The van der Waals surface area contributed by atoms with Crippen molar-refractivity contribution in [3.63, 3.8) is 0 Å². The van der Waals surface area contributed by atoms with Crippen LogP contribution in [0.4, 0.5) is 0 Å². The summed E-state index contributed by atoms with van der Waals surface area (Å²) in [7, 11) is 7.30. The maximum absolute atomic E-state index is 7.99. The number of hydrogen-bond acceptors (Lipinski definition) is 1. The van der Waals surface area contributed by atoms with Crippen LogP contribution in [-0.4, -0.2) is 44.0 Å². The van der Waals surface area contributed by atoms with Crippen LogP contribution in [0.2, 0.25) is 0 Å². The van der Waals surface area contributed by atoms with E-state index in [4.69, 9.17) is 5.53 Å². The number of nitrogens with zero attached hydrogens (tertiary/aromatic N) is 6. The van der Waals surface area contributed by atoms with E-state index in [1.54, 1.807) is 9.80 Å². The first kappa shape index (κ1) is 9.58. The fraction of sp³-hybridized carbons (Fsp3) is 0.800. The largest absolute Gasteiger partial charge is 0.327 e. The monoisotopic (exact) mass is 156 g/mol. The Morgan fingerprint density at radius 1 is 1.18 bits per heavy atom. The summed E-state index contributed by atoms with van der Waals surface area (Å²) in [6.45, 7) is 0. The molecule has 62 valence electrons. The second-order valence-corrected chi connectivity index (χ2v) is 2.37. The first-order valence-electron chi connectivity index (χ1n) is 3.06. The summed E-state index contributed by atoms with van der Waals surface area (Å²) in [5.41, 5.74) is 7.99. The van der Waals surface area contributed by atoms with Gasteiger partial charge in [0.05, 0.1) is 0 Å². The van der Waals surface area contributed by atoms with Crippen LogP contribution in [0.15, 0.2) is 10.3 Å². The molecule has 0 atom stereocenters. The van der Waals surface area contributed by atoms with Gasteiger partial charge >= 0.3 is 5.96 Å². The summed E-state index contributed by atoms with van der Waals surface area (Å²) in [5.74, 6) is 0.614. The third-order valence-corrected chi connectivity index (χ3v) is 0.974. The van der Waals surface area contributed by atoms with Crippen molar-refractivity contribution in [3.8, 4) is 0 Å². The summed E-state index contributed by atoms with van der Waals surface area (Å²) < 4.78 is 0. The average Bonchev–Trinajstić information content (AvgIpc) is 1.87. The van der Waals surface area contributed by atoms with Gasteiger partial charge in [0.1, 0.15) is 0 Å². The van der Waals surface area contributed by atoms with Crippen molar-refractivity contribution in [2.45, 2.75) is 0 Å². The lowest BCUT2D eigenvalue weighted by Crippen LogP contribution is -2.34. The molecule has 0 aromatic carbocycles. The topological polar surface area (TPSA) is 67.6 Å². The molecule has 6 heteroatoms. The van der Waals surface area contributed by atoms with Crippen molar-refractivity contribution < 1.29 is 0 Å². The highest BCUT2D eigenvalue weighted by Gasteiger charge is 2.07. The van der Waals surface area contributed by atoms with Gasteiger partial charge in [0, 0.05) is 38.5 Å². The molecule has 0 heterocycles. The van der Waals surface area contributed by atoms with Crippen LogP contribution in [0.1, 0.15) is 0 Å². The van der Waals surface area contributed by atoms with Crippen molar-refractivity contribution in [2.75, 3.05) is 28.2 Å². The van der Waals surface area contributed by atoms with Crippen LogP contribution in [-0.2, 0) is 0 Å². The predicted molar refractivity (Wildman–Crippen MR) is 44.0 cm³/mol. The molecule has 0 N–H and O–H groups in total. The van der Waals surface area contributed by atoms with E-state index >= 15 is 0 Å². The molecule has 0 saturated heterocycles. The van der Waals surface area contributed by atoms with Crippen LogP contribution in [0.25, 0.3) is 10.4 Å². The molecule has 0 saturated carbocycles. The smallest absolute Gasteiger partial charge is 0.320 e. The number of guanidine groups is 1. The van der Waals surface area contributed by atoms with E-state index < -0.39 is 0 Å². The van der Waals surface area contributed by atoms with E-state index in [9.17, 15) is 0 Å². The highest BCUT2D eigenvalue weighted by molar-refractivity contribution is 5.78. The van der Waals surface area contributed by atoms with Gasteiger partial charge in [-0.25, -0.2) is 0 Å². The summed E-state index contributed by atoms with van der Waals surface area (Å²) in [4.78, 5) is 6.04. The second-order valence-electron chi connectivity index (χ2n) is 2.37. The number of rotatable bonds is 1. The Hall–Kier alpha value is -1.42. The first-order chi connectivity index (χ1) is 5.09. The maximum atomic E-state index is 7.99. The lowest BCUT2D eigenvalue weighted by molar-refractivity contribution is 0.480. The third-order valence-electron chi connectivity index (χ3n) is 0.974. The SMILES string of the molecule is CN(C)C(=NN=[N+]=[N-])N(C)C. The normalized spacial score (nSPS) is 8.00. The van der Waals surface area contributed by atoms with Crippen molar-refractivity contribution in [1.82, 2.24) is 9.80 Å². The fourth-order valence-electron chi connectivity index (χ4n) is 0.639. The summed E-state index contributed by atoms with van der Waals surface area (Å²) >= 11 is 0. The van der Waals surface area contributed by atoms with Crippen LogP contribution < -0.4 is 0 Å². The zero-order valence-corrected chi connectivity index (χ0v) is 7.18. The highest BCUT2D eigenvalue weighted by Crippen LogP contribution is 1.88. The van der Waals surface area contributed by atoms with E-state index in [1.807, 2.05) is 28.2 Å². The second kappa shape index (κ2) is 4.40. The third kappa shape index (κ3) is 3.32. The molecule has 0 aromatic rings. The molecule has 0 spiro atoms. The number of azide groups is 1. The van der Waals surface area contributed by atoms with Crippen LogP contribution in [0.5, 0.6) is 0 Å². The zero-order chi connectivity index (χ0) is 8.85. The molecule has 0 unspecified atom stereocenters. The summed E-state index contributed by atoms with van der Waals surface area (Å²) in [5, 5.41) is 6.72. The molecule has 0 fully saturated rings. The van der Waals surface area contributed by atoms with Gasteiger partial charge in [-0.3, -0.25) is 0 Å². The van der Waals surface area contributed by atoms with Crippen LogP contribution in [0.3, 0.4) is 0 Å². The molecule has 0 aliphatic heterocycles. The molecule has 0 radical (unpaired) electrons. The van der Waals surface area contributed by atoms with Crippen molar-refractivity contribution >= 4 is 5.96 Å². The van der Waals surface area contributed by atoms with Gasteiger partial charge in [0.2, 0.25) is 0 Å².